The Morgan fingerprint density at radius 3 is 2.43 bits per heavy atom. The van der Waals surface area contributed by atoms with Gasteiger partial charge in [0.25, 0.3) is 0 Å². The Morgan fingerprint density at radius 2 is 1.74 bits per heavy atom. The molecule has 0 saturated heterocycles. The van der Waals surface area contributed by atoms with Gasteiger partial charge in [-0.05, 0) is 95.7 Å². The summed E-state index contributed by atoms with van der Waals surface area (Å²) in [4.78, 5) is 0. The van der Waals surface area contributed by atoms with Crippen LogP contribution < -0.4 is 0 Å². The fraction of sp³-hybridized carbons (Fsp3) is 0.406. The smallest absolute Gasteiger partial charge is 0.149 e. The Hall–Kier alpha value is -3.27. The van der Waals surface area contributed by atoms with Crippen molar-refractivity contribution in [1.82, 2.24) is 0 Å². The summed E-state index contributed by atoms with van der Waals surface area (Å²) in [6.45, 7) is 3.00. The predicted octanol–water partition coefficient (Wildman–Crippen LogP) is 6.22. The van der Waals surface area contributed by atoms with E-state index in [2.05, 4.69) is 49.3 Å². The van der Waals surface area contributed by atoms with Gasteiger partial charge in [-0.2, -0.15) is 5.26 Å². The predicted molar refractivity (Wildman–Crippen MR) is 137 cm³/mol. The quantitative estimate of drug-likeness (QED) is 0.427. The summed E-state index contributed by atoms with van der Waals surface area (Å²) in [6, 6.07) is 18.9. The van der Waals surface area contributed by atoms with Crippen LogP contribution in [0, 0.1) is 52.8 Å². The molecule has 1 heterocycles. The van der Waals surface area contributed by atoms with Gasteiger partial charge in [-0.15, -0.1) is 6.42 Å². The van der Waals surface area contributed by atoms with Crippen LogP contribution >= 0.6 is 0 Å². The average Bonchev–Trinajstić information content (AvgIpc) is 3.19. The summed E-state index contributed by atoms with van der Waals surface area (Å²) < 4.78 is 5.74. The molecule has 0 radical (unpaired) electrons. The van der Waals surface area contributed by atoms with Gasteiger partial charge in [0.2, 0.25) is 0 Å². The summed E-state index contributed by atoms with van der Waals surface area (Å²) in [5.74, 6) is 4.92. The van der Waals surface area contributed by atoms with Crippen molar-refractivity contribution in [3.8, 4) is 29.5 Å². The van der Waals surface area contributed by atoms with Gasteiger partial charge >= 0.3 is 0 Å². The molecular weight excluding hydrogens is 430 g/mol. The molecule has 0 aromatic heterocycles. The minimum absolute atomic E-state index is 0.298. The number of hydrogen-bond acceptors (Lipinski definition) is 3. The molecule has 3 heteroatoms. The lowest BCUT2D eigenvalue weighted by Crippen LogP contribution is -2.55. The van der Waals surface area contributed by atoms with Crippen molar-refractivity contribution in [3.05, 3.63) is 83.6 Å². The first kappa shape index (κ1) is 22.2. The molecule has 3 aliphatic carbocycles. The van der Waals surface area contributed by atoms with Crippen LogP contribution in [0.2, 0.25) is 0 Å². The van der Waals surface area contributed by atoms with Gasteiger partial charge in [-0.3, -0.25) is 0 Å². The van der Waals surface area contributed by atoms with Gasteiger partial charge in [-0.25, -0.2) is 0 Å². The molecule has 4 unspecified atom stereocenters. The number of terminal acetylenes is 1. The first-order valence-corrected chi connectivity index (χ1v) is 12.8. The van der Waals surface area contributed by atoms with E-state index >= 15 is 0 Å². The lowest BCUT2D eigenvalue weighted by molar-refractivity contribution is -0.0868. The summed E-state index contributed by atoms with van der Waals surface area (Å²) in [7, 11) is 0. The van der Waals surface area contributed by atoms with Crippen LogP contribution in [0.1, 0.15) is 49.7 Å². The second-order valence-electron chi connectivity index (χ2n) is 11.1. The summed E-state index contributed by atoms with van der Waals surface area (Å²) in [5.41, 5.74) is 4.16. The van der Waals surface area contributed by atoms with Gasteiger partial charge in [0.1, 0.15) is 5.60 Å². The van der Waals surface area contributed by atoms with Crippen molar-refractivity contribution in [2.75, 3.05) is 6.61 Å². The Kier molecular flexibility index (Phi) is 5.17. The van der Waals surface area contributed by atoms with Gasteiger partial charge < -0.3 is 9.84 Å². The molecule has 2 aromatic rings. The Labute approximate surface area is 208 Å². The monoisotopic (exact) mass is 461 g/mol. The summed E-state index contributed by atoms with van der Waals surface area (Å²) >= 11 is 0. The first-order valence-electron chi connectivity index (χ1n) is 12.8. The summed E-state index contributed by atoms with van der Waals surface area (Å²) in [6.07, 6.45) is 16.2. The molecule has 3 nitrogen and oxygen atoms in total. The highest BCUT2D eigenvalue weighted by Crippen LogP contribution is 2.66. The molecule has 6 rings (SSSR count). The first-order chi connectivity index (χ1) is 17.0. The Bertz CT molecular complexity index is 1270. The zero-order valence-corrected chi connectivity index (χ0v) is 20.2. The van der Waals surface area contributed by atoms with E-state index in [1.54, 1.807) is 0 Å². The van der Waals surface area contributed by atoms with E-state index in [1.807, 2.05) is 36.6 Å². The maximum Gasteiger partial charge on any atom is 0.149 e. The van der Waals surface area contributed by atoms with Crippen LogP contribution in [0.25, 0.3) is 11.1 Å². The van der Waals surface area contributed by atoms with Crippen molar-refractivity contribution in [1.29, 1.82) is 5.26 Å². The zero-order valence-electron chi connectivity index (χ0n) is 20.2. The molecule has 1 aliphatic heterocycles. The van der Waals surface area contributed by atoms with Crippen LogP contribution in [0.3, 0.4) is 0 Å². The van der Waals surface area contributed by atoms with Crippen molar-refractivity contribution >= 4 is 0 Å². The van der Waals surface area contributed by atoms with Crippen LogP contribution in [0.15, 0.2) is 72.5 Å². The largest absolute Gasteiger partial charge is 0.501 e. The molecule has 0 bridgehead atoms. The molecule has 2 fully saturated rings. The molecule has 0 spiro atoms. The number of aliphatic hydroxyl groups is 1. The maximum atomic E-state index is 11.5. The van der Waals surface area contributed by atoms with E-state index in [4.69, 9.17) is 16.4 Å². The van der Waals surface area contributed by atoms with Crippen LogP contribution in [0.5, 0.6) is 0 Å². The molecule has 2 saturated carbocycles. The van der Waals surface area contributed by atoms with E-state index in [1.165, 1.54) is 11.1 Å². The van der Waals surface area contributed by atoms with Gasteiger partial charge in [0.15, 0.2) is 0 Å². The number of allylic oxidation sites excluding steroid dienone is 2. The normalized spacial score (nSPS) is 37.0. The average molecular weight is 462 g/mol. The summed E-state index contributed by atoms with van der Waals surface area (Å²) in [5, 5.41) is 20.6. The minimum atomic E-state index is -1.20. The Balaban J connectivity index is 1.40. The Morgan fingerprint density at radius 1 is 1.03 bits per heavy atom. The highest BCUT2D eigenvalue weighted by Gasteiger charge is 2.62. The molecular formula is C32H31NO2. The topological polar surface area (TPSA) is 53.2 Å². The van der Waals surface area contributed by atoms with Crippen molar-refractivity contribution in [2.45, 2.75) is 44.1 Å². The molecule has 1 N–H and O–H groups in total. The van der Waals surface area contributed by atoms with Crippen LogP contribution in [0.4, 0.5) is 0 Å². The van der Waals surface area contributed by atoms with Crippen LogP contribution in [-0.2, 0) is 4.74 Å². The van der Waals surface area contributed by atoms with Gasteiger partial charge in [0, 0.05) is 5.41 Å². The van der Waals surface area contributed by atoms with E-state index < -0.39 is 5.60 Å². The molecule has 0 amide bonds. The lowest BCUT2D eigenvalue weighted by Gasteiger charge is -2.58. The lowest BCUT2D eigenvalue weighted by atomic mass is 9.47. The molecule has 4 aliphatic rings. The van der Waals surface area contributed by atoms with E-state index in [0.717, 1.165) is 43.4 Å². The third-order valence-corrected chi connectivity index (χ3v) is 9.61. The SMILES string of the molecule is C#C[C@]1(O)C=CC2C3CCC4=COCCC4C3[C@@H](c3ccc(-c4ccc(C#N)cc4)cc3)C[C@@]21C. The van der Waals surface area contributed by atoms with Gasteiger partial charge in [-0.1, -0.05) is 55.3 Å². The van der Waals surface area contributed by atoms with Crippen molar-refractivity contribution in [3.63, 3.8) is 0 Å². The third-order valence-electron chi connectivity index (χ3n) is 9.61. The fourth-order valence-electron chi connectivity index (χ4n) is 7.75. The third kappa shape index (κ3) is 3.30. The standard InChI is InChI=1S/C32H31NO2/c1-3-32(34)16-14-29-27-13-12-25-20-35-17-15-26(25)30(27)28(18-31(29,32)2)24-10-8-23(9-11-24)22-6-4-21(19-33)5-7-22/h1,4-11,14,16,20,26-30,34H,12-13,15,17-18H2,2H3/t26?,27?,28-,29?,30?,31+,32+/m1/s1. The van der Waals surface area contributed by atoms with Gasteiger partial charge in [0.05, 0.1) is 24.5 Å². The van der Waals surface area contributed by atoms with Crippen molar-refractivity contribution < 1.29 is 9.84 Å². The number of hydrogen-bond donors (Lipinski definition) is 1. The van der Waals surface area contributed by atoms with E-state index in [-0.39, 0.29) is 5.41 Å². The molecule has 2 aromatic carbocycles. The molecule has 35 heavy (non-hydrogen) atoms. The van der Waals surface area contributed by atoms with E-state index in [9.17, 15) is 5.11 Å². The minimum Gasteiger partial charge on any atom is -0.501 e. The molecule has 7 atom stereocenters. The second-order valence-corrected chi connectivity index (χ2v) is 11.1. The highest BCUT2D eigenvalue weighted by atomic mass is 16.5. The van der Waals surface area contributed by atoms with Crippen molar-refractivity contribution in [2.24, 2.45) is 29.1 Å². The zero-order chi connectivity index (χ0) is 24.2. The number of nitrogens with zero attached hydrogens (tertiary/aromatic N) is 1. The second kappa shape index (κ2) is 8.15. The number of rotatable bonds is 2. The molecule has 176 valence electrons. The fourth-order valence-corrected chi connectivity index (χ4v) is 7.75. The number of nitriles is 1. The number of benzene rings is 2. The maximum absolute atomic E-state index is 11.5. The number of ether oxygens (including phenoxy) is 1. The van der Waals surface area contributed by atoms with E-state index in [0.29, 0.717) is 35.2 Å². The number of fused-ring (bicyclic) bond motifs is 5. The highest BCUT2D eigenvalue weighted by molar-refractivity contribution is 5.64. The van der Waals surface area contributed by atoms with Crippen LogP contribution in [-0.4, -0.2) is 17.3 Å².